The van der Waals surface area contributed by atoms with Gasteiger partial charge in [-0.05, 0) is 33.3 Å². The van der Waals surface area contributed by atoms with Gasteiger partial charge in [-0.25, -0.2) is 4.98 Å². The molecule has 0 aliphatic heterocycles. The molecular formula is C14H22N4. The van der Waals surface area contributed by atoms with E-state index in [9.17, 15) is 0 Å². The van der Waals surface area contributed by atoms with E-state index in [1.165, 1.54) is 5.52 Å². The van der Waals surface area contributed by atoms with Gasteiger partial charge in [0.1, 0.15) is 11.3 Å². The van der Waals surface area contributed by atoms with Crippen molar-refractivity contribution in [3.8, 4) is 0 Å². The zero-order valence-electron chi connectivity index (χ0n) is 11.6. The van der Waals surface area contributed by atoms with Crippen molar-refractivity contribution < 1.29 is 0 Å². The predicted molar refractivity (Wildman–Crippen MR) is 74.5 cm³/mol. The summed E-state index contributed by atoms with van der Waals surface area (Å²) in [4.78, 5) is 8.82. The molecule has 0 amide bonds. The van der Waals surface area contributed by atoms with Crippen LogP contribution in [0.3, 0.4) is 0 Å². The highest BCUT2D eigenvalue weighted by molar-refractivity contribution is 5.74. The number of aromatic nitrogens is 3. The molecule has 0 spiro atoms. The summed E-state index contributed by atoms with van der Waals surface area (Å²) in [6, 6.07) is 2.96. The minimum atomic E-state index is 0.408. The third-order valence-electron chi connectivity index (χ3n) is 3.30. The Kier molecular flexibility index (Phi) is 3.97. The van der Waals surface area contributed by atoms with E-state index in [0.717, 1.165) is 24.3 Å². The molecule has 2 aromatic heterocycles. The highest BCUT2D eigenvalue weighted by Gasteiger charge is 2.13. The van der Waals surface area contributed by atoms with Crippen LogP contribution in [0.5, 0.6) is 0 Å². The van der Waals surface area contributed by atoms with Crippen molar-refractivity contribution in [2.75, 3.05) is 0 Å². The molecule has 0 aromatic carbocycles. The topological polar surface area (TPSA) is 42.7 Å². The lowest BCUT2D eigenvalue weighted by Gasteiger charge is -2.15. The molecule has 0 bridgehead atoms. The monoisotopic (exact) mass is 246 g/mol. The SMILES string of the molecule is CCC(C)NCc1nc2cnccc2n1C(C)C. The zero-order valence-corrected chi connectivity index (χ0v) is 11.6. The predicted octanol–water partition coefficient (Wildman–Crippen LogP) is 2.90. The van der Waals surface area contributed by atoms with Crippen molar-refractivity contribution in [1.29, 1.82) is 0 Å². The molecule has 1 atom stereocenters. The van der Waals surface area contributed by atoms with E-state index in [4.69, 9.17) is 0 Å². The van der Waals surface area contributed by atoms with Gasteiger partial charge in [-0.15, -0.1) is 0 Å². The van der Waals surface area contributed by atoms with Gasteiger partial charge in [0, 0.05) is 18.3 Å². The molecule has 0 fully saturated rings. The Bertz CT molecular complexity index is 515. The first-order chi connectivity index (χ1) is 8.63. The van der Waals surface area contributed by atoms with Crippen LogP contribution in [0.4, 0.5) is 0 Å². The van der Waals surface area contributed by atoms with Crippen molar-refractivity contribution in [2.24, 2.45) is 0 Å². The minimum absolute atomic E-state index is 0.408. The summed E-state index contributed by atoms with van der Waals surface area (Å²) < 4.78 is 2.28. The van der Waals surface area contributed by atoms with Crippen LogP contribution in [0.1, 0.15) is 46.0 Å². The summed E-state index contributed by atoms with van der Waals surface area (Å²) in [6.07, 6.45) is 4.79. The summed E-state index contributed by atoms with van der Waals surface area (Å²) in [7, 11) is 0. The quantitative estimate of drug-likeness (QED) is 0.882. The minimum Gasteiger partial charge on any atom is -0.324 e. The Hall–Kier alpha value is -1.42. The van der Waals surface area contributed by atoms with E-state index in [0.29, 0.717) is 12.1 Å². The molecule has 98 valence electrons. The largest absolute Gasteiger partial charge is 0.324 e. The molecule has 0 saturated heterocycles. The summed E-state index contributed by atoms with van der Waals surface area (Å²) in [6.45, 7) is 9.57. The highest BCUT2D eigenvalue weighted by atomic mass is 15.1. The van der Waals surface area contributed by atoms with Crippen LogP contribution in [0.25, 0.3) is 11.0 Å². The van der Waals surface area contributed by atoms with Crippen LogP contribution in [-0.2, 0) is 6.54 Å². The summed E-state index contributed by atoms with van der Waals surface area (Å²) in [5, 5.41) is 3.50. The number of hydrogen-bond acceptors (Lipinski definition) is 3. The first kappa shape index (κ1) is 13.0. The molecule has 0 aliphatic rings. The summed E-state index contributed by atoms with van der Waals surface area (Å²) >= 11 is 0. The second-order valence-corrected chi connectivity index (χ2v) is 5.05. The van der Waals surface area contributed by atoms with Crippen molar-refractivity contribution in [2.45, 2.75) is 52.7 Å². The van der Waals surface area contributed by atoms with Gasteiger partial charge in [-0.3, -0.25) is 4.98 Å². The Morgan fingerprint density at radius 1 is 1.33 bits per heavy atom. The first-order valence-corrected chi connectivity index (χ1v) is 6.67. The number of hydrogen-bond donors (Lipinski definition) is 1. The third-order valence-corrected chi connectivity index (χ3v) is 3.30. The summed E-state index contributed by atoms with van der Waals surface area (Å²) in [5.74, 6) is 1.09. The molecule has 1 N–H and O–H groups in total. The van der Waals surface area contributed by atoms with Gasteiger partial charge in [-0.2, -0.15) is 0 Å². The summed E-state index contributed by atoms with van der Waals surface area (Å²) in [5.41, 5.74) is 2.15. The molecule has 0 radical (unpaired) electrons. The first-order valence-electron chi connectivity index (χ1n) is 6.67. The second-order valence-electron chi connectivity index (χ2n) is 5.05. The Morgan fingerprint density at radius 3 is 2.78 bits per heavy atom. The van der Waals surface area contributed by atoms with Gasteiger partial charge >= 0.3 is 0 Å². The lowest BCUT2D eigenvalue weighted by Crippen LogP contribution is -2.26. The Labute approximate surface area is 108 Å². The van der Waals surface area contributed by atoms with Crippen LogP contribution < -0.4 is 5.32 Å². The lowest BCUT2D eigenvalue weighted by atomic mass is 10.2. The smallest absolute Gasteiger partial charge is 0.124 e. The molecule has 1 unspecified atom stereocenters. The van der Waals surface area contributed by atoms with Gasteiger partial charge < -0.3 is 9.88 Å². The average molecular weight is 246 g/mol. The molecule has 0 saturated carbocycles. The van der Waals surface area contributed by atoms with Crippen LogP contribution in [-0.4, -0.2) is 20.6 Å². The fourth-order valence-electron chi connectivity index (χ4n) is 2.11. The van der Waals surface area contributed by atoms with E-state index >= 15 is 0 Å². The van der Waals surface area contributed by atoms with Crippen molar-refractivity contribution in [1.82, 2.24) is 19.9 Å². The van der Waals surface area contributed by atoms with E-state index in [1.807, 2.05) is 18.5 Å². The molecule has 2 rings (SSSR count). The number of nitrogens with one attached hydrogen (secondary N) is 1. The van der Waals surface area contributed by atoms with Crippen LogP contribution >= 0.6 is 0 Å². The number of rotatable bonds is 5. The highest BCUT2D eigenvalue weighted by Crippen LogP contribution is 2.20. The second kappa shape index (κ2) is 5.48. The van der Waals surface area contributed by atoms with E-state index in [-0.39, 0.29) is 0 Å². The van der Waals surface area contributed by atoms with E-state index < -0.39 is 0 Å². The maximum Gasteiger partial charge on any atom is 0.124 e. The molecule has 0 aliphatic carbocycles. The van der Waals surface area contributed by atoms with Crippen LogP contribution in [0.15, 0.2) is 18.5 Å². The van der Waals surface area contributed by atoms with E-state index in [2.05, 4.69) is 47.5 Å². The molecular weight excluding hydrogens is 224 g/mol. The van der Waals surface area contributed by atoms with Crippen molar-refractivity contribution in [3.05, 3.63) is 24.3 Å². The number of fused-ring (bicyclic) bond motifs is 1. The van der Waals surface area contributed by atoms with Gasteiger partial charge in [-0.1, -0.05) is 6.92 Å². The standard InChI is InChI=1S/C14H22N4/c1-5-11(4)16-9-14-17-12-8-15-7-6-13(12)18(14)10(2)3/h6-8,10-11,16H,5,9H2,1-4H3. The van der Waals surface area contributed by atoms with Gasteiger partial charge in [0.25, 0.3) is 0 Å². The van der Waals surface area contributed by atoms with E-state index in [1.54, 1.807) is 0 Å². The fraction of sp³-hybridized carbons (Fsp3) is 0.571. The average Bonchev–Trinajstić information content (AvgIpc) is 2.74. The normalized spacial score (nSPS) is 13.4. The number of pyridine rings is 1. The molecule has 4 heteroatoms. The van der Waals surface area contributed by atoms with Gasteiger partial charge in [0.2, 0.25) is 0 Å². The number of imidazole rings is 1. The van der Waals surface area contributed by atoms with Crippen LogP contribution in [0.2, 0.25) is 0 Å². The van der Waals surface area contributed by atoms with Crippen molar-refractivity contribution in [3.63, 3.8) is 0 Å². The Morgan fingerprint density at radius 2 is 2.11 bits per heavy atom. The molecule has 4 nitrogen and oxygen atoms in total. The number of nitrogens with zero attached hydrogens (tertiary/aromatic N) is 3. The lowest BCUT2D eigenvalue weighted by molar-refractivity contribution is 0.496. The molecule has 2 aromatic rings. The fourth-order valence-corrected chi connectivity index (χ4v) is 2.11. The third kappa shape index (κ3) is 2.53. The maximum atomic E-state index is 4.68. The maximum absolute atomic E-state index is 4.68. The van der Waals surface area contributed by atoms with Gasteiger partial charge in [0.15, 0.2) is 0 Å². The van der Waals surface area contributed by atoms with Crippen LogP contribution in [0, 0.1) is 0 Å². The molecule has 18 heavy (non-hydrogen) atoms. The zero-order chi connectivity index (χ0) is 13.1. The van der Waals surface area contributed by atoms with Crippen molar-refractivity contribution >= 4 is 11.0 Å². The van der Waals surface area contributed by atoms with Gasteiger partial charge in [0.05, 0.1) is 18.3 Å². The Balaban J connectivity index is 2.34. The molecule has 2 heterocycles.